The molecular formula is C13H14FN3O2. The van der Waals surface area contributed by atoms with E-state index in [1.54, 1.807) is 6.92 Å². The lowest BCUT2D eigenvalue weighted by atomic mass is 9.95. The maximum Gasteiger partial charge on any atom is 0.264 e. The zero-order chi connectivity index (χ0) is 14.0. The zero-order valence-electron chi connectivity index (χ0n) is 10.4. The molecule has 3 N–H and O–H groups in total. The molecule has 1 aromatic rings. The Hall–Kier alpha value is -2.08. The molecule has 6 heteroatoms. The first-order valence-electron chi connectivity index (χ1n) is 5.91. The largest absolute Gasteiger partial charge is 0.330 e. The van der Waals surface area contributed by atoms with Gasteiger partial charge in [0.1, 0.15) is 17.6 Å². The van der Waals surface area contributed by atoms with Crippen LogP contribution in [0.4, 0.5) is 4.39 Å². The molecule has 2 amide bonds. The van der Waals surface area contributed by atoms with Crippen molar-refractivity contribution in [3.63, 3.8) is 0 Å². The summed E-state index contributed by atoms with van der Waals surface area (Å²) in [6.45, 7) is 2.03. The number of hydrogen-bond acceptors (Lipinski definition) is 3. The van der Waals surface area contributed by atoms with Gasteiger partial charge in [-0.05, 0) is 17.7 Å². The maximum atomic E-state index is 13.1. The summed E-state index contributed by atoms with van der Waals surface area (Å²) < 4.78 is 13.1. The van der Waals surface area contributed by atoms with Gasteiger partial charge in [-0.25, -0.2) is 4.39 Å². The fraction of sp³-hybridized carbons (Fsp3) is 0.308. The van der Waals surface area contributed by atoms with E-state index in [4.69, 9.17) is 5.73 Å². The van der Waals surface area contributed by atoms with Gasteiger partial charge >= 0.3 is 0 Å². The van der Waals surface area contributed by atoms with E-state index in [2.05, 4.69) is 10.3 Å². The summed E-state index contributed by atoms with van der Waals surface area (Å²) >= 11 is 0. The first-order chi connectivity index (χ1) is 9.02. The minimum Gasteiger partial charge on any atom is -0.330 e. The third kappa shape index (κ3) is 2.68. The predicted octanol–water partition coefficient (Wildman–Crippen LogP) is 0.559. The van der Waals surface area contributed by atoms with Crippen LogP contribution < -0.4 is 11.1 Å². The van der Waals surface area contributed by atoms with E-state index < -0.39 is 23.5 Å². The summed E-state index contributed by atoms with van der Waals surface area (Å²) in [6.07, 6.45) is 0. The number of carbonyl (C=O) groups excluding carboxylic acids is 2. The van der Waals surface area contributed by atoms with E-state index in [-0.39, 0.29) is 18.3 Å². The summed E-state index contributed by atoms with van der Waals surface area (Å²) in [4.78, 5) is 27.7. The third-order valence-corrected chi connectivity index (χ3v) is 2.99. The summed E-state index contributed by atoms with van der Waals surface area (Å²) in [5.41, 5.74) is 5.76. The van der Waals surface area contributed by atoms with Gasteiger partial charge < -0.3 is 11.1 Å². The van der Waals surface area contributed by atoms with Crippen LogP contribution in [-0.4, -0.2) is 24.2 Å². The first kappa shape index (κ1) is 13.4. The topological polar surface area (TPSA) is 84.5 Å². The normalized spacial score (nSPS) is 20.8. The molecule has 0 saturated carbocycles. The Balaban J connectivity index is 2.33. The van der Waals surface area contributed by atoms with E-state index in [0.717, 1.165) is 6.07 Å². The number of benzene rings is 1. The Morgan fingerprint density at radius 3 is 2.79 bits per heavy atom. The van der Waals surface area contributed by atoms with Gasteiger partial charge in [-0.1, -0.05) is 19.1 Å². The Morgan fingerprint density at radius 1 is 1.47 bits per heavy atom. The van der Waals surface area contributed by atoms with Crippen LogP contribution >= 0.6 is 0 Å². The molecular weight excluding hydrogens is 249 g/mol. The molecule has 1 aliphatic heterocycles. The van der Waals surface area contributed by atoms with Gasteiger partial charge in [-0.3, -0.25) is 9.59 Å². The summed E-state index contributed by atoms with van der Waals surface area (Å²) in [6, 6.07) is 5.39. The molecule has 1 heterocycles. The standard InChI is InChI=1S/C13H14FN3O2/c1-7(6-15)11-16-12(18)10(13(19)17-11)8-3-2-4-9(14)5-8/h2-5,7,10H,6,15H2,1H3,(H,16,17,18,19). The van der Waals surface area contributed by atoms with Gasteiger partial charge in [-0.2, -0.15) is 4.99 Å². The number of nitrogens with one attached hydrogen (secondary N) is 1. The van der Waals surface area contributed by atoms with Gasteiger partial charge in [-0.15, -0.1) is 0 Å². The average Bonchev–Trinajstić information content (AvgIpc) is 2.37. The van der Waals surface area contributed by atoms with E-state index >= 15 is 0 Å². The Bertz CT molecular complexity index is 557. The van der Waals surface area contributed by atoms with Crippen LogP contribution in [-0.2, 0) is 9.59 Å². The lowest BCUT2D eigenvalue weighted by Gasteiger charge is -2.23. The second-order valence-electron chi connectivity index (χ2n) is 4.45. The Kier molecular flexibility index (Phi) is 3.71. The van der Waals surface area contributed by atoms with E-state index in [1.807, 2.05) is 0 Å². The van der Waals surface area contributed by atoms with Gasteiger partial charge in [0.25, 0.3) is 5.91 Å². The smallest absolute Gasteiger partial charge is 0.264 e. The van der Waals surface area contributed by atoms with Crippen LogP contribution in [0.1, 0.15) is 18.4 Å². The van der Waals surface area contributed by atoms with Crippen LogP contribution in [0.3, 0.4) is 0 Å². The highest BCUT2D eigenvalue weighted by atomic mass is 19.1. The average molecular weight is 263 g/mol. The van der Waals surface area contributed by atoms with Crippen molar-refractivity contribution in [1.29, 1.82) is 0 Å². The lowest BCUT2D eigenvalue weighted by molar-refractivity contribution is -0.129. The molecule has 1 aliphatic rings. The third-order valence-electron chi connectivity index (χ3n) is 2.99. The number of hydrogen-bond donors (Lipinski definition) is 2. The SMILES string of the molecule is CC(CN)C1=NC(=O)C(c2cccc(F)c2)C(=O)N1. The van der Waals surface area contributed by atoms with Gasteiger partial charge in [0, 0.05) is 12.5 Å². The lowest BCUT2D eigenvalue weighted by Crippen LogP contribution is -2.46. The second-order valence-corrected chi connectivity index (χ2v) is 4.45. The molecule has 2 unspecified atom stereocenters. The molecule has 1 aromatic carbocycles. The van der Waals surface area contributed by atoms with Crippen LogP contribution in [0.2, 0.25) is 0 Å². The van der Waals surface area contributed by atoms with Crippen molar-refractivity contribution in [2.75, 3.05) is 6.54 Å². The number of halogens is 1. The predicted molar refractivity (Wildman–Crippen MR) is 67.9 cm³/mol. The van der Waals surface area contributed by atoms with Crippen LogP contribution in [0.25, 0.3) is 0 Å². The number of nitrogens with two attached hydrogens (primary N) is 1. The Morgan fingerprint density at radius 2 is 2.21 bits per heavy atom. The molecule has 100 valence electrons. The molecule has 0 spiro atoms. The fourth-order valence-corrected chi connectivity index (χ4v) is 1.85. The molecule has 19 heavy (non-hydrogen) atoms. The molecule has 5 nitrogen and oxygen atoms in total. The van der Waals surface area contributed by atoms with Crippen LogP contribution in [0, 0.1) is 11.7 Å². The number of carbonyl (C=O) groups is 2. The van der Waals surface area contributed by atoms with E-state index in [1.165, 1.54) is 18.2 Å². The number of aliphatic imine (C=N–C) groups is 1. The molecule has 2 atom stereocenters. The molecule has 0 aromatic heterocycles. The van der Waals surface area contributed by atoms with Gasteiger partial charge in [0.05, 0.1) is 0 Å². The summed E-state index contributed by atoms with van der Waals surface area (Å²) in [5, 5.41) is 2.55. The number of rotatable bonds is 3. The summed E-state index contributed by atoms with van der Waals surface area (Å²) in [7, 11) is 0. The highest BCUT2D eigenvalue weighted by molar-refractivity contribution is 6.19. The minimum absolute atomic E-state index is 0.207. The second kappa shape index (κ2) is 5.27. The van der Waals surface area contributed by atoms with E-state index in [9.17, 15) is 14.0 Å². The van der Waals surface area contributed by atoms with Crippen LogP contribution in [0.15, 0.2) is 29.3 Å². The number of nitrogens with zero attached hydrogens (tertiary/aromatic N) is 1. The minimum atomic E-state index is -1.09. The van der Waals surface area contributed by atoms with Crippen molar-refractivity contribution in [1.82, 2.24) is 5.32 Å². The zero-order valence-corrected chi connectivity index (χ0v) is 10.4. The fourth-order valence-electron chi connectivity index (χ4n) is 1.85. The van der Waals surface area contributed by atoms with Gasteiger partial charge in [0.2, 0.25) is 5.91 Å². The quantitative estimate of drug-likeness (QED) is 0.781. The molecule has 0 saturated heterocycles. The first-order valence-corrected chi connectivity index (χ1v) is 5.91. The number of amidine groups is 1. The highest BCUT2D eigenvalue weighted by Crippen LogP contribution is 2.22. The molecule has 0 bridgehead atoms. The van der Waals surface area contributed by atoms with Crippen molar-refractivity contribution in [3.8, 4) is 0 Å². The maximum absolute atomic E-state index is 13.1. The molecule has 0 aliphatic carbocycles. The van der Waals surface area contributed by atoms with Crippen molar-refractivity contribution in [3.05, 3.63) is 35.6 Å². The van der Waals surface area contributed by atoms with Gasteiger partial charge in [0.15, 0.2) is 0 Å². The molecule has 0 radical (unpaired) electrons. The van der Waals surface area contributed by atoms with Crippen LogP contribution in [0.5, 0.6) is 0 Å². The Labute approximate surface area is 109 Å². The van der Waals surface area contributed by atoms with E-state index in [0.29, 0.717) is 5.56 Å². The monoisotopic (exact) mass is 263 g/mol. The van der Waals surface area contributed by atoms with Crippen molar-refractivity contribution in [2.45, 2.75) is 12.8 Å². The summed E-state index contributed by atoms with van der Waals surface area (Å²) in [5.74, 6) is -2.62. The van der Waals surface area contributed by atoms with Crippen molar-refractivity contribution >= 4 is 17.6 Å². The molecule has 0 fully saturated rings. The van der Waals surface area contributed by atoms with Crippen molar-refractivity contribution < 1.29 is 14.0 Å². The highest BCUT2D eigenvalue weighted by Gasteiger charge is 2.34. The number of amides is 2. The molecule has 2 rings (SSSR count). The van der Waals surface area contributed by atoms with Crippen molar-refractivity contribution in [2.24, 2.45) is 16.6 Å².